The van der Waals surface area contributed by atoms with Gasteiger partial charge >= 0.3 is 0 Å². The molecule has 14 heavy (non-hydrogen) atoms. The van der Waals surface area contributed by atoms with Gasteiger partial charge in [-0.2, -0.15) is 0 Å². The first kappa shape index (κ1) is 9.50. The number of aromatic nitrogens is 1. The lowest BCUT2D eigenvalue weighted by Gasteiger charge is -1.97. The number of hydrogen-bond donors (Lipinski definition) is 0. The van der Waals surface area contributed by atoms with Crippen LogP contribution in [0.2, 0.25) is 0 Å². The van der Waals surface area contributed by atoms with Gasteiger partial charge in [0.25, 0.3) is 0 Å². The van der Waals surface area contributed by atoms with Crippen LogP contribution in [0.25, 0.3) is 6.08 Å². The first-order chi connectivity index (χ1) is 6.66. The molecule has 0 bridgehead atoms. The van der Waals surface area contributed by atoms with Crippen molar-refractivity contribution in [1.82, 2.24) is 4.98 Å². The Morgan fingerprint density at radius 1 is 1.36 bits per heavy atom. The molecule has 1 aromatic rings. The topological polar surface area (TPSA) is 26.0 Å². The lowest BCUT2D eigenvalue weighted by Crippen LogP contribution is -1.89. The number of allylic oxidation sites excluding steroid dienone is 1. The number of hydrogen-bond acceptors (Lipinski definition) is 2. The summed E-state index contributed by atoms with van der Waals surface area (Å²) in [6, 6.07) is 0. The van der Waals surface area contributed by atoms with E-state index in [9.17, 15) is 0 Å². The summed E-state index contributed by atoms with van der Waals surface area (Å²) < 4.78 is 5.73. The molecule has 2 nitrogen and oxygen atoms in total. The van der Waals surface area contributed by atoms with Crippen molar-refractivity contribution in [3.63, 3.8) is 0 Å². The van der Waals surface area contributed by atoms with Gasteiger partial charge in [0.1, 0.15) is 0 Å². The highest BCUT2D eigenvalue weighted by Crippen LogP contribution is 2.25. The zero-order chi connectivity index (χ0) is 10.1. The van der Waals surface area contributed by atoms with Crippen LogP contribution in [0.3, 0.4) is 0 Å². The SMILES string of the molecule is CC1=Cc2oc(C(C)C)nc2CCC1. The molecule has 0 aliphatic heterocycles. The van der Waals surface area contributed by atoms with Crippen LogP contribution in [0.4, 0.5) is 0 Å². The first-order valence-electron chi connectivity index (χ1n) is 5.33. The third-order valence-corrected chi connectivity index (χ3v) is 2.60. The minimum atomic E-state index is 0.385. The molecule has 1 aliphatic rings. The van der Waals surface area contributed by atoms with Gasteiger partial charge in [0.2, 0.25) is 0 Å². The van der Waals surface area contributed by atoms with Gasteiger partial charge in [0.05, 0.1) is 5.69 Å². The summed E-state index contributed by atoms with van der Waals surface area (Å²) in [5.41, 5.74) is 2.54. The highest BCUT2D eigenvalue weighted by atomic mass is 16.4. The van der Waals surface area contributed by atoms with Gasteiger partial charge in [0.15, 0.2) is 11.7 Å². The smallest absolute Gasteiger partial charge is 0.197 e. The van der Waals surface area contributed by atoms with E-state index in [0.29, 0.717) is 5.92 Å². The molecule has 0 fully saturated rings. The Morgan fingerprint density at radius 3 is 2.86 bits per heavy atom. The highest BCUT2D eigenvalue weighted by molar-refractivity contribution is 5.50. The second-order valence-electron chi connectivity index (χ2n) is 4.36. The third-order valence-electron chi connectivity index (χ3n) is 2.60. The molecule has 0 saturated heterocycles. The Balaban J connectivity index is 2.39. The molecule has 0 N–H and O–H groups in total. The molecular weight excluding hydrogens is 174 g/mol. The standard InChI is InChI=1S/C12H17NO/c1-8(2)12-13-10-6-4-5-9(3)7-11(10)14-12/h7-8H,4-6H2,1-3H3. The van der Waals surface area contributed by atoms with Crippen LogP contribution in [0.15, 0.2) is 9.99 Å². The van der Waals surface area contributed by atoms with E-state index in [2.05, 4.69) is 31.8 Å². The van der Waals surface area contributed by atoms with Crippen LogP contribution >= 0.6 is 0 Å². The van der Waals surface area contributed by atoms with E-state index >= 15 is 0 Å². The summed E-state index contributed by atoms with van der Waals surface area (Å²) in [6.07, 6.45) is 5.56. The van der Waals surface area contributed by atoms with E-state index in [1.807, 2.05) is 0 Å². The summed E-state index contributed by atoms with van der Waals surface area (Å²) in [5.74, 6) is 2.25. The number of fused-ring (bicyclic) bond motifs is 1. The summed E-state index contributed by atoms with van der Waals surface area (Å²) >= 11 is 0. The molecule has 0 amide bonds. The maximum atomic E-state index is 5.73. The molecule has 1 aromatic heterocycles. The summed E-state index contributed by atoms with van der Waals surface area (Å²) in [6.45, 7) is 6.39. The molecule has 2 rings (SSSR count). The Labute approximate surface area is 85.0 Å². The predicted molar refractivity (Wildman–Crippen MR) is 57.2 cm³/mol. The van der Waals surface area contributed by atoms with Gasteiger partial charge in [-0.15, -0.1) is 0 Å². The maximum absolute atomic E-state index is 5.73. The number of rotatable bonds is 1. The average Bonchev–Trinajstić information content (AvgIpc) is 2.42. The second kappa shape index (κ2) is 3.60. The number of aryl methyl sites for hydroxylation is 1. The molecule has 0 aromatic carbocycles. The zero-order valence-corrected chi connectivity index (χ0v) is 9.13. The Kier molecular flexibility index (Phi) is 2.44. The minimum Gasteiger partial charge on any atom is -0.441 e. The van der Waals surface area contributed by atoms with E-state index in [0.717, 1.165) is 23.8 Å². The van der Waals surface area contributed by atoms with Crippen molar-refractivity contribution < 1.29 is 4.42 Å². The van der Waals surface area contributed by atoms with Gasteiger partial charge in [-0.25, -0.2) is 4.98 Å². The van der Waals surface area contributed by atoms with Crippen molar-refractivity contribution in [3.8, 4) is 0 Å². The fourth-order valence-electron chi connectivity index (χ4n) is 1.75. The lowest BCUT2D eigenvalue weighted by molar-refractivity contribution is 0.464. The molecule has 76 valence electrons. The minimum absolute atomic E-state index is 0.385. The predicted octanol–water partition coefficient (Wildman–Crippen LogP) is 3.54. The van der Waals surface area contributed by atoms with E-state index in [1.54, 1.807) is 0 Å². The summed E-state index contributed by atoms with van der Waals surface area (Å²) in [4.78, 5) is 4.53. The number of oxazole rings is 1. The molecule has 0 spiro atoms. The van der Waals surface area contributed by atoms with Crippen LogP contribution < -0.4 is 0 Å². The van der Waals surface area contributed by atoms with Gasteiger partial charge in [0, 0.05) is 5.92 Å². The van der Waals surface area contributed by atoms with Crippen LogP contribution in [0.5, 0.6) is 0 Å². The molecule has 2 heteroatoms. The molecule has 0 atom stereocenters. The van der Waals surface area contributed by atoms with Gasteiger partial charge < -0.3 is 4.42 Å². The molecule has 0 saturated carbocycles. The third kappa shape index (κ3) is 1.74. The van der Waals surface area contributed by atoms with E-state index in [-0.39, 0.29) is 0 Å². The fraction of sp³-hybridized carbons (Fsp3) is 0.583. The molecular formula is C12H17NO. The quantitative estimate of drug-likeness (QED) is 0.678. The summed E-state index contributed by atoms with van der Waals surface area (Å²) in [5, 5.41) is 0. The van der Waals surface area contributed by atoms with Crippen molar-refractivity contribution in [1.29, 1.82) is 0 Å². The lowest BCUT2D eigenvalue weighted by atomic mass is 10.1. The second-order valence-corrected chi connectivity index (χ2v) is 4.36. The maximum Gasteiger partial charge on any atom is 0.197 e. The molecule has 0 unspecified atom stereocenters. The molecule has 1 heterocycles. The van der Waals surface area contributed by atoms with Crippen LogP contribution in [-0.2, 0) is 6.42 Å². The van der Waals surface area contributed by atoms with Gasteiger partial charge in [-0.3, -0.25) is 0 Å². The van der Waals surface area contributed by atoms with Crippen molar-refractivity contribution in [2.75, 3.05) is 0 Å². The van der Waals surface area contributed by atoms with Crippen molar-refractivity contribution in [2.45, 2.75) is 46.0 Å². The summed E-state index contributed by atoms with van der Waals surface area (Å²) in [7, 11) is 0. The highest BCUT2D eigenvalue weighted by Gasteiger charge is 2.15. The number of nitrogens with zero attached hydrogens (tertiary/aromatic N) is 1. The van der Waals surface area contributed by atoms with Gasteiger partial charge in [-0.1, -0.05) is 19.4 Å². The van der Waals surface area contributed by atoms with Crippen molar-refractivity contribution in [2.24, 2.45) is 0 Å². The van der Waals surface area contributed by atoms with Crippen molar-refractivity contribution >= 4 is 6.08 Å². The van der Waals surface area contributed by atoms with Crippen LogP contribution in [0, 0.1) is 0 Å². The Morgan fingerprint density at radius 2 is 2.14 bits per heavy atom. The van der Waals surface area contributed by atoms with Crippen molar-refractivity contribution in [3.05, 3.63) is 22.9 Å². The average molecular weight is 191 g/mol. The van der Waals surface area contributed by atoms with E-state index in [1.165, 1.54) is 18.4 Å². The van der Waals surface area contributed by atoms with E-state index in [4.69, 9.17) is 4.42 Å². The van der Waals surface area contributed by atoms with E-state index < -0.39 is 0 Å². The zero-order valence-electron chi connectivity index (χ0n) is 9.13. The Bertz CT molecular complexity index is 360. The monoisotopic (exact) mass is 191 g/mol. The first-order valence-corrected chi connectivity index (χ1v) is 5.33. The molecule has 1 aliphatic carbocycles. The van der Waals surface area contributed by atoms with Gasteiger partial charge in [-0.05, 0) is 32.3 Å². The van der Waals surface area contributed by atoms with Crippen LogP contribution in [-0.4, -0.2) is 4.98 Å². The molecule has 0 radical (unpaired) electrons. The van der Waals surface area contributed by atoms with Crippen LogP contribution in [0.1, 0.15) is 56.9 Å². The normalized spacial score (nSPS) is 16.4. The largest absolute Gasteiger partial charge is 0.441 e. The Hall–Kier alpha value is -1.05. The fourth-order valence-corrected chi connectivity index (χ4v) is 1.75.